The highest BCUT2D eigenvalue weighted by atomic mass is 127. The van der Waals surface area contributed by atoms with Crippen LogP contribution in [-0.4, -0.2) is 10.7 Å². The minimum absolute atomic E-state index is 0.572. The number of alkyl halides is 1. The van der Waals surface area contributed by atoms with Crippen LogP contribution in [0.5, 0.6) is 0 Å². The van der Waals surface area contributed by atoms with E-state index < -0.39 is 0 Å². The van der Waals surface area contributed by atoms with E-state index in [1.807, 2.05) is 24.3 Å². The largest absolute Gasteiger partial charge is 0.303 e. The number of carbonyl (C=O) groups is 1. The minimum Gasteiger partial charge on any atom is -0.303 e. The zero-order chi connectivity index (χ0) is 10.2. The van der Waals surface area contributed by atoms with Crippen LogP contribution in [0.2, 0.25) is 0 Å². The maximum Gasteiger partial charge on any atom is 0.120 e. The highest BCUT2D eigenvalue weighted by Gasteiger charge is 1.97. The van der Waals surface area contributed by atoms with Crippen LogP contribution in [0, 0.1) is 11.8 Å². The molecule has 0 N–H and O–H groups in total. The number of hydrogen-bond acceptors (Lipinski definition) is 1. The van der Waals surface area contributed by atoms with Crippen molar-refractivity contribution in [2.24, 2.45) is 0 Å². The summed E-state index contributed by atoms with van der Waals surface area (Å²) < 4.78 is 0.833. The Balaban J connectivity index is 2.85. The molecule has 0 aliphatic rings. The van der Waals surface area contributed by atoms with Gasteiger partial charge in [0.2, 0.25) is 0 Å². The van der Waals surface area contributed by atoms with Crippen molar-refractivity contribution in [1.29, 1.82) is 0 Å². The third kappa shape index (κ3) is 3.51. The summed E-state index contributed by atoms with van der Waals surface area (Å²) in [6.07, 6.45) is 2.31. The van der Waals surface area contributed by atoms with Crippen molar-refractivity contribution in [2.45, 2.75) is 12.8 Å². The second-order valence-electron chi connectivity index (χ2n) is 2.80. The third-order valence-corrected chi connectivity index (χ3v) is 2.22. The Kier molecular flexibility index (Phi) is 5.31. The summed E-state index contributed by atoms with van der Waals surface area (Å²) in [6, 6.07) is 7.98. The number of halogens is 1. The lowest BCUT2D eigenvalue weighted by atomic mass is 10.0. The van der Waals surface area contributed by atoms with E-state index in [0.717, 1.165) is 28.3 Å². The first-order valence-electron chi connectivity index (χ1n) is 4.45. The molecule has 0 aromatic heterocycles. The van der Waals surface area contributed by atoms with Gasteiger partial charge in [-0.2, -0.15) is 0 Å². The van der Waals surface area contributed by atoms with Gasteiger partial charge in [0.15, 0.2) is 0 Å². The molecule has 0 fully saturated rings. The highest BCUT2D eigenvalue weighted by Crippen LogP contribution is 2.09. The Bertz CT molecular complexity index is 360. The fourth-order valence-corrected chi connectivity index (χ4v) is 1.39. The number of aryl methyl sites for hydroxylation is 1. The van der Waals surface area contributed by atoms with Crippen molar-refractivity contribution in [3.8, 4) is 11.8 Å². The van der Waals surface area contributed by atoms with Crippen LogP contribution in [0.1, 0.15) is 17.5 Å². The number of benzene rings is 1. The SMILES string of the molecule is O=CCCc1ccccc1C#CCI. The molecule has 0 saturated heterocycles. The first-order valence-corrected chi connectivity index (χ1v) is 5.97. The summed E-state index contributed by atoms with van der Waals surface area (Å²) >= 11 is 2.22. The lowest BCUT2D eigenvalue weighted by molar-refractivity contribution is -0.107. The van der Waals surface area contributed by atoms with Crippen LogP contribution in [0.4, 0.5) is 0 Å². The van der Waals surface area contributed by atoms with Gasteiger partial charge in [0.05, 0.1) is 4.43 Å². The molecular weight excluding hydrogens is 287 g/mol. The molecule has 0 spiro atoms. The standard InChI is InChI=1S/C12H11IO/c13-9-3-7-11-5-1-2-6-12(11)8-4-10-14/h1-2,5-6,10H,4,8-9H2. The number of rotatable bonds is 3. The molecule has 0 aliphatic carbocycles. The smallest absolute Gasteiger partial charge is 0.120 e. The van der Waals surface area contributed by atoms with Crippen molar-refractivity contribution in [3.63, 3.8) is 0 Å². The molecule has 2 heteroatoms. The number of hydrogen-bond donors (Lipinski definition) is 0. The first kappa shape index (κ1) is 11.3. The van der Waals surface area contributed by atoms with Crippen molar-refractivity contribution in [3.05, 3.63) is 35.4 Å². The second kappa shape index (κ2) is 6.61. The molecule has 0 heterocycles. The average molecular weight is 298 g/mol. The summed E-state index contributed by atoms with van der Waals surface area (Å²) in [4.78, 5) is 10.3. The summed E-state index contributed by atoms with van der Waals surface area (Å²) in [5, 5.41) is 0. The monoisotopic (exact) mass is 298 g/mol. The summed E-state index contributed by atoms with van der Waals surface area (Å²) in [5.41, 5.74) is 2.21. The van der Waals surface area contributed by atoms with E-state index in [-0.39, 0.29) is 0 Å². The molecule has 1 rings (SSSR count). The number of carbonyl (C=O) groups excluding carboxylic acids is 1. The topological polar surface area (TPSA) is 17.1 Å². The van der Waals surface area contributed by atoms with E-state index in [1.165, 1.54) is 0 Å². The van der Waals surface area contributed by atoms with E-state index in [9.17, 15) is 4.79 Å². The van der Waals surface area contributed by atoms with Crippen LogP contribution in [0.25, 0.3) is 0 Å². The summed E-state index contributed by atoms with van der Waals surface area (Å²) in [5.74, 6) is 6.13. The fourth-order valence-electron chi connectivity index (χ4n) is 1.20. The molecule has 0 atom stereocenters. The van der Waals surface area contributed by atoms with E-state index in [0.29, 0.717) is 6.42 Å². The highest BCUT2D eigenvalue weighted by molar-refractivity contribution is 14.1. The van der Waals surface area contributed by atoms with Gasteiger partial charge in [-0.05, 0) is 18.1 Å². The molecule has 72 valence electrons. The van der Waals surface area contributed by atoms with Crippen molar-refractivity contribution < 1.29 is 4.79 Å². The second-order valence-corrected chi connectivity index (χ2v) is 3.56. The molecule has 1 aromatic rings. The molecule has 0 unspecified atom stereocenters. The Morgan fingerprint density at radius 3 is 2.86 bits per heavy atom. The van der Waals surface area contributed by atoms with Gasteiger partial charge in [-0.1, -0.05) is 52.6 Å². The van der Waals surface area contributed by atoms with Crippen LogP contribution in [0.15, 0.2) is 24.3 Å². The number of aldehydes is 1. The van der Waals surface area contributed by atoms with E-state index >= 15 is 0 Å². The Morgan fingerprint density at radius 1 is 1.36 bits per heavy atom. The molecule has 1 nitrogen and oxygen atoms in total. The van der Waals surface area contributed by atoms with Gasteiger partial charge >= 0.3 is 0 Å². The van der Waals surface area contributed by atoms with Gasteiger partial charge < -0.3 is 4.79 Å². The normalized spacial score (nSPS) is 8.93. The predicted molar refractivity (Wildman–Crippen MR) is 66.6 cm³/mol. The zero-order valence-electron chi connectivity index (χ0n) is 7.79. The zero-order valence-corrected chi connectivity index (χ0v) is 9.95. The molecule has 0 saturated carbocycles. The van der Waals surface area contributed by atoms with Crippen LogP contribution in [0.3, 0.4) is 0 Å². The summed E-state index contributed by atoms with van der Waals surface area (Å²) in [7, 11) is 0. The molecule has 0 radical (unpaired) electrons. The van der Waals surface area contributed by atoms with Gasteiger partial charge in [0.1, 0.15) is 6.29 Å². The molecule has 1 aromatic carbocycles. The van der Waals surface area contributed by atoms with Gasteiger partial charge in [-0.25, -0.2) is 0 Å². The van der Waals surface area contributed by atoms with Crippen LogP contribution in [-0.2, 0) is 11.2 Å². The fraction of sp³-hybridized carbons (Fsp3) is 0.250. The third-order valence-electron chi connectivity index (χ3n) is 1.84. The van der Waals surface area contributed by atoms with E-state index in [1.54, 1.807) is 0 Å². The van der Waals surface area contributed by atoms with Crippen molar-refractivity contribution in [2.75, 3.05) is 4.43 Å². The van der Waals surface area contributed by atoms with Crippen LogP contribution < -0.4 is 0 Å². The summed E-state index contributed by atoms with van der Waals surface area (Å²) in [6.45, 7) is 0. The minimum atomic E-state index is 0.572. The molecule has 0 aliphatic heterocycles. The van der Waals surface area contributed by atoms with Crippen molar-refractivity contribution >= 4 is 28.9 Å². The van der Waals surface area contributed by atoms with Crippen LogP contribution >= 0.6 is 22.6 Å². The maximum atomic E-state index is 10.3. The quantitative estimate of drug-likeness (QED) is 0.363. The molecular formula is C12H11IO. The Labute approximate surface area is 98.0 Å². The Hall–Kier alpha value is -0.820. The van der Waals surface area contributed by atoms with E-state index in [2.05, 4.69) is 34.4 Å². The maximum absolute atomic E-state index is 10.3. The van der Waals surface area contributed by atoms with E-state index in [4.69, 9.17) is 0 Å². The van der Waals surface area contributed by atoms with Gasteiger partial charge in [-0.15, -0.1) is 0 Å². The molecule has 0 bridgehead atoms. The van der Waals surface area contributed by atoms with Gasteiger partial charge in [0, 0.05) is 12.0 Å². The first-order chi connectivity index (χ1) is 6.88. The predicted octanol–water partition coefficient (Wildman–Crippen LogP) is 2.60. The molecule has 14 heavy (non-hydrogen) atoms. The van der Waals surface area contributed by atoms with Gasteiger partial charge in [-0.3, -0.25) is 0 Å². The van der Waals surface area contributed by atoms with Crippen molar-refractivity contribution in [1.82, 2.24) is 0 Å². The molecule has 0 amide bonds. The van der Waals surface area contributed by atoms with Gasteiger partial charge in [0.25, 0.3) is 0 Å². The lowest BCUT2D eigenvalue weighted by Crippen LogP contribution is -1.90. The lowest BCUT2D eigenvalue weighted by Gasteiger charge is -2.00. The Morgan fingerprint density at radius 2 is 2.14 bits per heavy atom. The average Bonchev–Trinajstić information content (AvgIpc) is 2.24.